The molecule has 41 heavy (non-hydrogen) atoms. The summed E-state index contributed by atoms with van der Waals surface area (Å²) in [6, 6.07) is 12.9. The molecule has 2 aromatic carbocycles. The molecule has 0 amide bonds. The van der Waals surface area contributed by atoms with E-state index >= 15 is 0 Å². The molecule has 206 valence electrons. The molecule has 1 atom stereocenters. The van der Waals surface area contributed by atoms with Gasteiger partial charge in [-0.05, 0) is 55.5 Å². The summed E-state index contributed by atoms with van der Waals surface area (Å²) in [7, 11) is 0. The van der Waals surface area contributed by atoms with E-state index in [0.717, 1.165) is 12.1 Å². The lowest BCUT2D eigenvalue weighted by atomic mass is 9.99. The summed E-state index contributed by atoms with van der Waals surface area (Å²) >= 11 is 5.81. The van der Waals surface area contributed by atoms with Gasteiger partial charge in [0.25, 0.3) is 0 Å². The van der Waals surface area contributed by atoms with Crippen LogP contribution in [0.15, 0.2) is 76.2 Å². The van der Waals surface area contributed by atoms with Crippen LogP contribution in [-0.2, 0) is 6.18 Å². The minimum atomic E-state index is -4.77. The Hall–Kier alpha value is -5.15. The Morgan fingerprint density at radius 1 is 1.17 bits per heavy atom. The summed E-state index contributed by atoms with van der Waals surface area (Å²) in [5, 5.41) is 25.2. The Kier molecular flexibility index (Phi) is 6.98. The number of nitrogens with zero attached hydrogens (tertiary/aromatic N) is 4. The van der Waals surface area contributed by atoms with Crippen molar-refractivity contribution in [2.75, 3.05) is 5.32 Å². The molecular formula is C28H17ClF3N5O4. The number of carboxylic acid groups (broad SMARTS) is 1. The first-order valence-electron chi connectivity index (χ1n) is 11.9. The molecule has 3 aromatic heterocycles. The van der Waals surface area contributed by atoms with Crippen molar-refractivity contribution < 1.29 is 27.5 Å². The van der Waals surface area contributed by atoms with Crippen LogP contribution in [0.4, 0.5) is 18.9 Å². The number of carboxylic acids is 1. The van der Waals surface area contributed by atoms with Crippen LogP contribution >= 0.6 is 11.6 Å². The van der Waals surface area contributed by atoms with Crippen molar-refractivity contribution in [3.63, 3.8) is 0 Å². The van der Waals surface area contributed by atoms with E-state index in [1.165, 1.54) is 29.9 Å². The number of alkyl halides is 3. The third-order valence-corrected chi connectivity index (χ3v) is 6.43. The van der Waals surface area contributed by atoms with E-state index in [1.54, 1.807) is 30.5 Å². The molecule has 0 bridgehead atoms. The Morgan fingerprint density at radius 2 is 1.90 bits per heavy atom. The van der Waals surface area contributed by atoms with Gasteiger partial charge < -0.3 is 14.8 Å². The van der Waals surface area contributed by atoms with E-state index in [1.807, 2.05) is 6.07 Å². The van der Waals surface area contributed by atoms with Gasteiger partial charge in [0.15, 0.2) is 11.1 Å². The zero-order chi connectivity index (χ0) is 29.5. The van der Waals surface area contributed by atoms with Crippen LogP contribution in [0.25, 0.3) is 28.0 Å². The minimum Gasteiger partial charge on any atom is -0.476 e. The fraction of sp³-hybridized carbons (Fsp3) is 0.107. The molecule has 0 saturated heterocycles. The monoisotopic (exact) mass is 579 g/mol. The molecule has 0 aliphatic heterocycles. The highest BCUT2D eigenvalue weighted by Crippen LogP contribution is 2.37. The van der Waals surface area contributed by atoms with Crippen molar-refractivity contribution in [2.45, 2.75) is 19.1 Å². The second-order valence-electron chi connectivity index (χ2n) is 8.95. The highest BCUT2D eigenvalue weighted by atomic mass is 35.5. The first kappa shape index (κ1) is 27.4. The van der Waals surface area contributed by atoms with Gasteiger partial charge in [-0.3, -0.25) is 4.79 Å². The lowest BCUT2D eigenvalue weighted by Gasteiger charge is -2.20. The Morgan fingerprint density at radius 3 is 2.56 bits per heavy atom. The summed E-state index contributed by atoms with van der Waals surface area (Å²) in [6.45, 7) is 1.49. The maximum atomic E-state index is 13.8. The van der Waals surface area contributed by atoms with Gasteiger partial charge in [-0.25, -0.2) is 14.5 Å². The van der Waals surface area contributed by atoms with Crippen molar-refractivity contribution in [3.8, 4) is 23.1 Å². The van der Waals surface area contributed by atoms with E-state index in [-0.39, 0.29) is 33.1 Å². The molecule has 0 aliphatic rings. The smallest absolute Gasteiger partial charge is 0.416 e. The lowest BCUT2D eigenvalue weighted by Crippen LogP contribution is -2.15. The molecule has 0 saturated carbocycles. The van der Waals surface area contributed by atoms with Crippen molar-refractivity contribution in [2.24, 2.45) is 0 Å². The normalized spacial score (nSPS) is 12.2. The number of hydrogen-bond acceptors (Lipinski definition) is 7. The molecule has 5 rings (SSSR count). The largest absolute Gasteiger partial charge is 0.476 e. The Balaban J connectivity index is 1.62. The number of nitrogens with one attached hydrogen (secondary N) is 1. The summed E-state index contributed by atoms with van der Waals surface area (Å²) in [6.07, 6.45) is -1.79. The van der Waals surface area contributed by atoms with Crippen LogP contribution in [0.2, 0.25) is 5.15 Å². The maximum absolute atomic E-state index is 13.8. The summed E-state index contributed by atoms with van der Waals surface area (Å²) < 4.78 is 48.9. The Bertz CT molecular complexity index is 1910. The fourth-order valence-electron chi connectivity index (χ4n) is 4.22. The minimum absolute atomic E-state index is 0.00200. The van der Waals surface area contributed by atoms with Crippen molar-refractivity contribution >= 4 is 34.2 Å². The molecule has 9 nitrogen and oxygen atoms in total. The number of aromatic nitrogens is 3. The molecule has 0 unspecified atom stereocenters. The van der Waals surface area contributed by atoms with E-state index in [4.69, 9.17) is 21.3 Å². The quantitative estimate of drug-likeness (QED) is 0.219. The van der Waals surface area contributed by atoms with E-state index in [9.17, 15) is 27.9 Å². The molecule has 0 fully saturated rings. The van der Waals surface area contributed by atoms with Crippen LogP contribution in [0.1, 0.15) is 40.1 Å². The average molecular weight is 580 g/mol. The third-order valence-electron chi connectivity index (χ3n) is 6.22. The molecule has 2 N–H and O–H groups in total. The van der Waals surface area contributed by atoms with Gasteiger partial charge in [-0.1, -0.05) is 11.6 Å². The van der Waals surface area contributed by atoms with Crippen LogP contribution in [-0.4, -0.2) is 25.8 Å². The third kappa shape index (κ3) is 5.48. The maximum Gasteiger partial charge on any atom is 0.416 e. The van der Waals surface area contributed by atoms with Gasteiger partial charge >= 0.3 is 12.1 Å². The van der Waals surface area contributed by atoms with Gasteiger partial charge in [0.1, 0.15) is 16.5 Å². The second-order valence-corrected chi connectivity index (χ2v) is 9.34. The van der Waals surface area contributed by atoms with Crippen molar-refractivity contribution in [1.82, 2.24) is 14.8 Å². The predicted molar refractivity (Wildman–Crippen MR) is 143 cm³/mol. The number of rotatable bonds is 6. The van der Waals surface area contributed by atoms with Crippen LogP contribution < -0.4 is 10.7 Å². The van der Waals surface area contributed by atoms with Gasteiger partial charge in [0, 0.05) is 17.8 Å². The molecule has 0 spiro atoms. The van der Waals surface area contributed by atoms with Crippen LogP contribution in [0.3, 0.4) is 0 Å². The van der Waals surface area contributed by atoms with Crippen molar-refractivity contribution in [3.05, 3.63) is 105 Å². The summed E-state index contributed by atoms with van der Waals surface area (Å²) in [4.78, 5) is 28.6. The number of hydrogen-bond donors (Lipinski definition) is 2. The summed E-state index contributed by atoms with van der Waals surface area (Å²) in [5.74, 6) is -1.35. The molecule has 13 heteroatoms. The number of anilines is 1. The number of benzene rings is 2. The number of nitriles is 1. The number of carbonyl (C=O) groups is 1. The van der Waals surface area contributed by atoms with Gasteiger partial charge in [0.2, 0.25) is 0 Å². The molecule has 0 radical (unpaired) electrons. The molecular weight excluding hydrogens is 563 g/mol. The van der Waals surface area contributed by atoms with E-state index in [2.05, 4.69) is 15.4 Å². The van der Waals surface area contributed by atoms with Gasteiger partial charge in [-0.15, -0.1) is 0 Å². The lowest BCUT2D eigenvalue weighted by molar-refractivity contribution is -0.137. The molecule has 3 heterocycles. The highest BCUT2D eigenvalue weighted by molar-refractivity contribution is 6.29. The standard InChI is InChI=1S/C28H17ClF3N5O4/c1-14(35-21-6-7-24(29)36-25(21)27(39)40)19-8-17(28(30,31)32)9-20-22(38)10-23(41-26(19)20)16-12-34-37(13-16)18-4-2-15(11-33)3-5-18/h2-10,12-14,35H,1H3,(H,39,40)/t14-/m1/s1. The number of halogens is 4. The van der Waals surface area contributed by atoms with Gasteiger partial charge in [0.05, 0.1) is 51.8 Å². The van der Waals surface area contributed by atoms with Gasteiger partial charge in [-0.2, -0.15) is 23.5 Å². The van der Waals surface area contributed by atoms with Crippen molar-refractivity contribution in [1.29, 1.82) is 5.26 Å². The first-order valence-corrected chi connectivity index (χ1v) is 12.2. The zero-order valence-electron chi connectivity index (χ0n) is 20.9. The molecule has 0 aliphatic carbocycles. The van der Waals surface area contributed by atoms with Crippen LogP contribution in [0, 0.1) is 11.3 Å². The second kappa shape index (κ2) is 10.4. The van der Waals surface area contributed by atoms with Crippen LogP contribution in [0.5, 0.6) is 0 Å². The van der Waals surface area contributed by atoms with E-state index in [0.29, 0.717) is 22.9 Å². The first-order chi connectivity index (χ1) is 19.4. The number of aromatic carboxylic acids is 1. The highest BCUT2D eigenvalue weighted by Gasteiger charge is 2.33. The predicted octanol–water partition coefficient (Wildman–Crippen LogP) is 6.46. The Labute approximate surface area is 234 Å². The SMILES string of the molecule is C[C@@H](Nc1ccc(Cl)nc1C(=O)O)c1cc(C(F)(F)F)cc2c(=O)cc(-c3cnn(-c4ccc(C#N)cc4)c3)oc12. The average Bonchev–Trinajstić information content (AvgIpc) is 3.43. The topological polar surface area (TPSA) is 134 Å². The summed E-state index contributed by atoms with van der Waals surface area (Å²) in [5.41, 5.74) is -0.932. The van der Waals surface area contributed by atoms with E-state index < -0.39 is 34.9 Å². The number of pyridine rings is 1. The zero-order valence-corrected chi connectivity index (χ0v) is 21.7. The molecule has 5 aromatic rings. The fourth-order valence-corrected chi connectivity index (χ4v) is 4.37. The number of fused-ring (bicyclic) bond motifs is 1.